The Balaban J connectivity index is 1.66. The van der Waals surface area contributed by atoms with E-state index in [0.29, 0.717) is 17.1 Å². The second kappa shape index (κ2) is 7.81. The molecule has 1 heterocycles. The van der Waals surface area contributed by atoms with E-state index < -0.39 is 23.6 Å². The highest BCUT2D eigenvalue weighted by molar-refractivity contribution is 7.15. The number of nitrogens with two attached hydrogens (primary N) is 1. The van der Waals surface area contributed by atoms with Gasteiger partial charge in [0.05, 0.1) is 5.56 Å². The number of nitrogens with one attached hydrogen (secondary N) is 1. The minimum absolute atomic E-state index is 0.217. The van der Waals surface area contributed by atoms with Gasteiger partial charge in [0.15, 0.2) is 5.13 Å². The molecule has 9 heteroatoms. The molecule has 0 aliphatic rings. The molecular weight excluding hydrogens is 391 g/mol. The van der Waals surface area contributed by atoms with Gasteiger partial charge in [-0.3, -0.25) is 14.9 Å². The maximum Gasteiger partial charge on any atom is 0.416 e. The maximum absolute atomic E-state index is 12.6. The molecule has 0 aliphatic carbocycles. The van der Waals surface area contributed by atoms with Crippen LogP contribution in [0.5, 0.6) is 0 Å². The summed E-state index contributed by atoms with van der Waals surface area (Å²) >= 11 is 1.21. The van der Waals surface area contributed by atoms with Crippen molar-refractivity contribution in [2.75, 3.05) is 5.32 Å². The second-order valence-electron chi connectivity index (χ2n) is 5.90. The van der Waals surface area contributed by atoms with Crippen molar-refractivity contribution in [2.24, 2.45) is 5.73 Å². The van der Waals surface area contributed by atoms with Crippen molar-refractivity contribution >= 4 is 28.3 Å². The van der Waals surface area contributed by atoms with Gasteiger partial charge in [-0.05, 0) is 35.9 Å². The number of carbonyl (C=O) groups is 2. The molecule has 144 valence electrons. The average Bonchev–Trinajstić information content (AvgIpc) is 3.08. The highest BCUT2D eigenvalue weighted by atomic mass is 32.1. The summed E-state index contributed by atoms with van der Waals surface area (Å²) in [4.78, 5) is 28.4. The zero-order valence-electron chi connectivity index (χ0n) is 14.3. The van der Waals surface area contributed by atoms with E-state index in [2.05, 4.69) is 10.3 Å². The molecule has 0 saturated heterocycles. The van der Waals surface area contributed by atoms with Crippen molar-refractivity contribution in [1.82, 2.24) is 4.98 Å². The molecule has 0 atom stereocenters. The fourth-order valence-corrected chi connectivity index (χ4v) is 3.28. The SMILES string of the molecule is NC(=O)c1cccc(C(=O)Nc2ncc(Cc3ccc(C(F)(F)F)cc3)s2)c1. The van der Waals surface area contributed by atoms with Crippen LogP contribution in [0.2, 0.25) is 0 Å². The summed E-state index contributed by atoms with van der Waals surface area (Å²) in [6.45, 7) is 0. The number of primary amides is 1. The van der Waals surface area contributed by atoms with Crippen molar-refractivity contribution in [2.45, 2.75) is 12.6 Å². The molecule has 0 unspecified atom stereocenters. The Hall–Kier alpha value is -3.20. The third-order valence-electron chi connectivity index (χ3n) is 3.84. The van der Waals surface area contributed by atoms with Crippen LogP contribution in [0.3, 0.4) is 0 Å². The molecule has 2 aromatic carbocycles. The van der Waals surface area contributed by atoms with Gasteiger partial charge >= 0.3 is 6.18 Å². The molecule has 0 saturated carbocycles. The van der Waals surface area contributed by atoms with Gasteiger partial charge in [-0.25, -0.2) is 4.98 Å². The van der Waals surface area contributed by atoms with Gasteiger partial charge in [0.2, 0.25) is 5.91 Å². The Morgan fingerprint density at radius 3 is 2.39 bits per heavy atom. The highest BCUT2D eigenvalue weighted by Crippen LogP contribution is 2.30. The third kappa shape index (κ3) is 4.74. The van der Waals surface area contributed by atoms with E-state index in [0.717, 1.165) is 17.0 Å². The summed E-state index contributed by atoms with van der Waals surface area (Å²) in [6, 6.07) is 10.9. The van der Waals surface area contributed by atoms with Crippen LogP contribution in [0, 0.1) is 0 Å². The Morgan fingerprint density at radius 2 is 1.75 bits per heavy atom. The summed E-state index contributed by atoms with van der Waals surface area (Å²) < 4.78 is 37.8. The smallest absolute Gasteiger partial charge is 0.366 e. The molecule has 0 radical (unpaired) electrons. The minimum atomic E-state index is -4.37. The molecule has 1 aromatic heterocycles. The molecule has 3 aromatic rings. The first-order valence-corrected chi connectivity index (χ1v) is 8.86. The lowest BCUT2D eigenvalue weighted by molar-refractivity contribution is -0.137. The van der Waals surface area contributed by atoms with Gasteiger partial charge < -0.3 is 5.73 Å². The maximum atomic E-state index is 12.6. The van der Waals surface area contributed by atoms with Gasteiger partial charge in [0.25, 0.3) is 5.91 Å². The van der Waals surface area contributed by atoms with Gasteiger partial charge in [-0.15, -0.1) is 11.3 Å². The predicted molar refractivity (Wildman–Crippen MR) is 99.3 cm³/mol. The van der Waals surface area contributed by atoms with Crippen molar-refractivity contribution in [3.8, 4) is 0 Å². The number of carbonyl (C=O) groups excluding carboxylic acids is 2. The molecule has 0 aliphatic heterocycles. The third-order valence-corrected chi connectivity index (χ3v) is 4.76. The van der Waals surface area contributed by atoms with Crippen molar-refractivity contribution in [3.63, 3.8) is 0 Å². The van der Waals surface area contributed by atoms with E-state index in [1.807, 2.05) is 0 Å². The normalized spacial score (nSPS) is 11.2. The summed E-state index contributed by atoms with van der Waals surface area (Å²) in [5, 5.41) is 2.97. The Labute approximate surface area is 162 Å². The summed E-state index contributed by atoms with van der Waals surface area (Å²) in [6.07, 6.45) is -2.42. The zero-order chi connectivity index (χ0) is 20.3. The number of rotatable bonds is 5. The molecule has 0 bridgehead atoms. The van der Waals surface area contributed by atoms with E-state index in [1.54, 1.807) is 18.3 Å². The van der Waals surface area contributed by atoms with Gasteiger partial charge in [-0.2, -0.15) is 13.2 Å². The van der Waals surface area contributed by atoms with Crippen LogP contribution >= 0.6 is 11.3 Å². The summed E-state index contributed by atoms with van der Waals surface area (Å²) in [7, 11) is 0. The second-order valence-corrected chi connectivity index (χ2v) is 7.02. The molecule has 2 amide bonds. The van der Waals surface area contributed by atoms with Crippen LogP contribution in [-0.4, -0.2) is 16.8 Å². The van der Waals surface area contributed by atoms with Crippen molar-refractivity contribution in [1.29, 1.82) is 0 Å². The first-order valence-electron chi connectivity index (χ1n) is 8.04. The topological polar surface area (TPSA) is 85.1 Å². The molecule has 5 nitrogen and oxygen atoms in total. The minimum Gasteiger partial charge on any atom is -0.366 e. The van der Waals surface area contributed by atoms with Gasteiger partial charge in [-0.1, -0.05) is 18.2 Å². The van der Waals surface area contributed by atoms with E-state index in [-0.39, 0.29) is 11.1 Å². The molecule has 0 spiro atoms. The number of nitrogens with zero attached hydrogens (tertiary/aromatic N) is 1. The molecule has 28 heavy (non-hydrogen) atoms. The fourth-order valence-electron chi connectivity index (χ4n) is 2.44. The number of amides is 2. The standard InChI is InChI=1S/C19H14F3N3O2S/c20-19(21,22)14-6-4-11(5-7-14)8-15-10-24-18(28-15)25-17(27)13-3-1-2-12(9-13)16(23)26/h1-7,9-10H,8H2,(H2,23,26)(H,24,25,27). The molecule has 3 rings (SSSR count). The van der Waals surface area contributed by atoms with Crippen molar-refractivity contribution in [3.05, 3.63) is 81.9 Å². The fraction of sp³-hybridized carbons (Fsp3) is 0.105. The van der Waals surface area contributed by atoms with Crippen LogP contribution in [0.15, 0.2) is 54.7 Å². The van der Waals surface area contributed by atoms with Crippen molar-refractivity contribution < 1.29 is 22.8 Å². The molecule has 0 fully saturated rings. The summed E-state index contributed by atoms with van der Waals surface area (Å²) in [5.74, 6) is -1.08. The van der Waals surface area contributed by atoms with Crippen LogP contribution in [0.1, 0.15) is 36.7 Å². The first kappa shape index (κ1) is 19.6. The Kier molecular flexibility index (Phi) is 5.46. The molecule has 3 N–H and O–H groups in total. The number of hydrogen-bond donors (Lipinski definition) is 2. The Bertz CT molecular complexity index is 1010. The van der Waals surface area contributed by atoms with E-state index in [1.165, 1.54) is 35.6 Å². The lowest BCUT2D eigenvalue weighted by Crippen LogP contribution is -2.15. The number of thiazole rings is 1. The zero-order valence-corrected chi connectivity index (χ0v) is 15.1. The Morgan fingerprint density at radius 1 is 1.07 bits per heavy atom. The largest absolute Gasteiger partial charge is 0.416 e. The predicted octanol–water partition coefficient (Wildman–Crippen LogP) is 4.10. The van der Waals surface area contributed by atoms with E-state index in [9.17, 15) is 22.8 Å². The average molecular weight is 405 g/mol. The van der Waals surface area contributed by atoms with Crippen LogP contribution in [0.25, 0.3) is 0 Å². The number of anilines is 1. The number of halogens is 3. The summed E-state index contributed by atoms with van der Waals surface area (Å²) in [5.41, 5.74) is 5.67. The first-order chi connectivity index (χ1) is 13.2. The highest BCUT2D eigenvalue weighted by Gasteiger charge is 2.29. The van der Waals surface area contributed by atoms with Gasteiger partial charge in [0, 0.05) is 28.6 Å². The lowest BCUT2D eigenvalue weighted by atomic mass is 10.1. The van der Waals surface area contributed by atoms with Crippen LogP contribution in [-0.2, 0) is 12.6 Å². The van der Waals surface area contributed by atoms with Crippen LogP contribution in [0.4, 0.5) is 18.3 Å². The lowest BCUT2D eigenvalue weighted by Gasteiger charge is -2.06. The molecular formula is C19H14F3N3O2S. The number of benzene rings is 2. The number of alkyl halides is 3. The monoisotopic (exact) mass is 405 g/mol. The van der Waals surface area contributed by atoms with Gasteiger partial charge in [0.1, 0.15) is 0 Å². The number of hydrogen-bond acceptors (Lipinski definition) is 4. The van der Waals surface area contributed by atoms with E-state index >= 15 is 0 Å². The quantitative estimate of drug-likeness (QED) is 0.670. The van der Waals surface area contributed by atoms with Crippen LogP contribution < -0.4 is 11.1 Å². The number of aromatic nitrogens is 1. The van der Waals surface area contributed by atoms with E-state index in [4.69, 9.17) is 5.73 Å².